The number of benzene rings is 3. The predicted octanol–water partition coefficient (Wildman–Crippen LogP) is 7.42. The lowest BCUT2D eigenvalue weighted by Crippen LogP contribution is -2.22. The van der Waals surface area contributed by atoms with E-state index in [1.165, 1.54) is 30.3 Å². The summed E-state index contributed by atoms with van der Waals surface area (Å²) in [5, 5.41) is 0. The van der Waals surface area contributed by atoms with Gasteiger partial charge < -0.3 is 9.47 Å². The topological polar surface area (TPSA) is 47.9 Å². The van der Waals surface area contributed by atoms with Crippen molar-refractivity contribution in [2.45, 2.75) is 38.6 Å². The van der Waals surface area contributed by atoms with Crippen LogP contribution in [0.2, 0.25) is 0 Å². The highest BCUT2D eigenvalue weighted by Gasteiger charge is 2.39. The summed E-state index contributed by atoms with van der Waals surface area (Å²) in [5.41, 5.74) is 1.91. The van der Waals surface area contributed by atoms with Crippen LogP contribution in [0.3, 0.4) is 0 Å². The Morgan fingerprint density at radius 3 is 2.11 bits per heavy atom. The zero-order chi connectivity index (χ0) is 26.6. The Kier molecular flexibility index (Phi) is 7.90. The van der Waals surface area contributed by atoms with Gasteiger partial charge in [-0.15, -0.1) is 13.2 Å². The van der Waals surface area contributed by atoms with E-state index in [0.717, 1.165) is 18.6 Å². The molecule has 4 nitrogen and oxygen atoms in total. The van der Waals surface area contributed by atoms with Crippen LogP contribution in [0.5, 0.6) is 5.75 Å². The summed E-state index contributed by atoms with van der Waals surface area (Å²) < 4.78 is 75.4. The van der Waals surface area contributed by atoms with Crippen LogP contribution < -0.4 is 4.74 Å². The molecule has 0 saturated carbocycles. The fraction of sp³-hybridized carbons (Fsp3) is 0.286. The van der Waals surface area contributed by atoms with Crippen LogP contribution in [0.1, 0.15) is 43.4 Å². The average Bonchev–Trinajstić information content (AvgIpc) is 3.29. The van der Waals surface area contributed by atoms with Crippen LogP contribution in [0, 0.1) is 17.6 Å². The lowest BCUT2D eigenvalue weighted by atomic mass is 9.90. The smallest absolute Gasteiger partial charge is 0.465 e. The molecule has 2 atom stereocenters. The maximum atomic E-state index is 14.5. The number of nitrogens with zero attached hydrogens (tertiary/aromatic N) is 1. The van der Waals surface area contributed by atoms with Gasteiger partial charge in [-0.3, -0.25) is 9.79 Å². The maximum Gasteiger partial charge on any atom is 0.573 e. The number of carbonyl (C=O) groups is 1. The lowest BCUT2D eigenvalue weighted by molar-refractivity contribution is -0.274. The molecule has 0 bridgehead atoms. The summed E-state index contributed by atoms with van der Waals surface area (Å²) in [4.78, 5) is 17.4. The second-order valence-electron chi connectivity index (χ2n) is 8.64. The molecule has 0 aromatic heterocycles. The Balaban J connectivity index is 1.60. The van der Waals surface area contributed by atoms with Crippen molar-refractivity contribution < 1.29 is 36.2 Å². The Bertz CT molecular complexity index is 1250. The van der Waals surface area contributed by atoms with Crippen LogP contribution in [0.4, 0.5) is 22.0 Å². The molecular weight excluding hydrogens is 493 g/mol. The molecule has 9 heteroatoms. The number of esters is 1. The van der Waals surface area contributed by atoms with Crippen molar-refractivity contribution in [2.24, 2.45) is 10.9 Å². The molecule has 0 fully saturated rings. The average molecular weight is 517 g/mol. The van der Waals surface area contributed by atoms with E-state index in [1.54, 1.807) is 24.3 Å². The molecule has 1 aliphatic heterocycles. The van der Waals surface area contributed by atoms with E-state index in [2.05, 4.69) is 9.73 Å². The van der Waals surface area contributed by atoms with E-state index in [4.69, 9.17) is 4.74 Å². The summed E-state index contributed by atoms with van der Waals surface area (Å²) in [5.74, 6) is -3.09. The van der Waals surface area contributed by atoms with Crippen LogP contribution >= 0.6 is 0 Å². The van der Waals surface area contributed by atoms with Crippen molar-refractivity contribution in [3.8, 4) is 16.9 Å². The monoisotopic (exact) mass is 517 g/mol. The van der Waals surface area contributed by atoms with Gasteiger partial charge in [0.2, 0.25) is 0 Å². The number of alkyl halides is 3. The minimum atomic E-state index is -4.77. The number of ether oxygens (including phenoxy) is 2. The number of hydrogen-bond donors (Lipinski definition) is 0. The fourth-order valence-electron chi connectivity index (χ4n) is 4.24. The molecule has 194 valence electrons. The number of aliphatic imine (C=N–C) groups is 1. The summed E-state index contributed by atoms with van der Waals surface area (Å²) in [6.45, 7) is 2.21. The second kappa shape index (κ2) is 11.1. The molecule has 0 radical (unpaired) electrons. The predicted molar refractivity (Wildman–Crippen MR) is 128 cm³/mol. The Morgan fingerprint density at radius 2 is 1.54 bits per heavy atom. The zero-order valence-electron chi connectivity index (χ0n) is 19.9. The molecule has 4 rings (SSSR count). The molecule has 1 aliphatic rings. The minimum Gasteiger partial charge on any atom is -0.465 e. The van der Waals surface area contributed by atoms with E-state index in [9.17, 15) is 26.7 Å². The maximum absolute atomic E-state index is 14.5. The molecule has 1 heterocycles. The fourth-order valence-corrected chi connectivity index (χ4v) is 4.24. The summed E-state index contributed by atoms with van der Waals surface area (Å²) >= 11 is 0. The van der Waals surface area contributed by atoms with E-state index >= 15 is 0 Å². The number of hydrogen-bond acceptors (Lipinski definition) is 4. The molecule has 0 spiro atoms. The van der Waals surface area contributed by atoms with Crippen molar-refractivity contribution in [3.05, 3.63) is 89.5 Å². The first kappa shape index (κ1) is 26.3. The number of rotatable bonds is 8. The molecule has 1 unspecified atom stereocenters. The third-order valence-electron chi connectivity index (χ3n) is 6.06. The van der Waals surface area contributed by atoms with E-state index < -0.39 is 35.9 Å². The summed E-state index contributed by atoms with van der Waals surface area (Å²) in [6.07, 6.45) is -3.21. The van der Waals surface area contributed by atoms with E-state index in [-0.39, 0.29) is 30.1 Å². The van der Waals surface area contributed by atoms with Gasteiger partial charge in [-0.25, -0.2) is 8.78 Å². The number of carbonyl (C=O) groups excluding carboxylic acids is 1. The van der Waals surface area contributed by atoms with Crippen LogP contribution in [-0.2, 0) is 9.53 Å². The van der Waals surface area contributed by atoms with Gasteiger partial charge in [0.25, 0.3) is 0 Å². The van der Waals surface area contributed by atoms with Gasteiger partial charge in [0, 0.05) is 12.1 Å². The highest BCUT2D eigenvalue weighted by molar-refractivity contribution is 6.04. The third kappa shape index (κ3) is 6.34. The Morgan fingerprint density at radius 1 is 0.946 bits per heavy atom. The van der Waals surface area contributed by atoms with Gasteiger partial charge in [-0.1, -0.05) is 55.8 Å². The van der Waals surface area contributed by atoms with Crippen molar-refractivity contribution in [3.63, 3.8) is 0 Å². The Hall–Kier alpha value is -3.75. The minimum absolute atomic E-state index is 0.0237. The van der Waals surface area contributed by atoms with Crippen molar-refractivity contribution in [1.29, 1.82) is 0 Å². The molecule has 3 aromatic carbocycles. The zero-order valence-corrected chi connectivity index (χ0v) is 19.9. The normalized spacial score (nSPS) is 17.4. The highest BCUT2D eigenvalue weighted by Crippen LogP contribution is 2.39. The van der Waals surface area contributed by atoms with Gasteiger partial charge in [-0.05, 0) is 47.4 Å². The van der Waals surface area contributed by atoms with Crippen LogP contribution in [-0.4, -0.2) is 24.7 Å². The first-order valence-electron chi connectivity index (χ1n) is 11.8. The van der Waals surface area contributed by atoms with Crippen molar-refractivity contribution in [2.75, 3.05) is 6.61 Å². The SMILES string of the molecule is CCCCOC(=O)[C@H]1CC(c2c(F)cccc2F)=NC1c1ccc(-c2ccc(OC(F)(F)F)cc2)cc1. The molecule has 3 aromatic rings. The molecule has 0 amide bonds. The first-order chi connectivity index (χ1) is 17.7. The van der Waals surface area contributed by atoms with Crippen LogP contribution in [0.15, 0.2) is 71.7 Å². The molecule has 0 aliphatic carbocycles. The molecule has 0 saturated heterocycles. The van der Waals surface area contributed by atoms with Crippen molar-refractivity contribution in [1.82, 2.24) is 0 Å². The van der Waals surface area contributed by atoms with Crippen molar-refractivity contribution >= 4 is 11.7 Å². The molecule has 0 N–H and O–H groups in total. The standard InChI is InChI=1S/C28H24F5NO3/c1-2-3-15-36-27(35)21-16-24(25-22(29)5-4-6-23(25)30)34-26(21)19-9-7-17(8-10-19)18-11-13-20(14-12-18)37-28(31,32)33/h4-14,21,26H,2-3,15-16H2,1H3/t21-,26?/m0/s1. The number of unbranched alkanes of at least 4 members (excludes halogenated alkanes) is 1. The molecular formula is C28H24F5NO3. The van der Waals surface area contributed by atoms with Gasteiger partial charge >= 0.3 is 12.3 Å². The van der Waals surface area contributed by atoms with E-state index in [0.29, 0.717) is 23.1 Å². The third-order valence-corrected chi connectivity index (χ3v) is 6.06. The first-order valence-corrected chi connectivity index (χ1v) is 11.8. The highest BCUT2D eigenvalue weighted by atomic mass is 19.4. The summed E-state index contributed by atoms with van der Waals surface area (Å²) in [7, 11) is 0. The quantitative estimate of drug-likeness (QED) is 0.177. The Labute approximate surface area is 210 Å². The van der Waals surface area contributed by atoms with Gasteiger partial charge in [0.1, 0.15) is 17.4 Å². The van der Waals surface area contributed by atoms with Gasteiger partial charge in [0.15, 0.2) is 0 Å². The van der Waals surface area contributed by atoms with E-state index in [1.807, 2.05) is 6.92 Å². The van der Waals surface area contributed by atoms with Crippen LogP contribution in [0.25, 0.3) is 11.1 Å². The number of halogens is 5. The molecule has 37 heavy (non-hydrogen) atoms. The van der Waals surface area contributed by atoms with Gasteiger partial charge in [0.05, 0.1) is 24.1 Å². The van der Waals surface area contributed by atoms with Gasteiger partial charge in [-0.2, -0.15) is 0 Å². The largest absolute Gasteiger partial charge is 0.573 e. The second-order valence-corrected chi connectivity index (χ2v) is 8.64. The summed E-state index contributed by atoms with van der Waals surface area (Å²) in [6, 6.07) is 15.2. The lowest BCUT2D eigenvalue weighted by Gasteiger charge is -2.18.